The minimum atomic E-state index is 0.576. The van der Waals surface area contributed by atoms with Crippen molar-refractivity contribution in [2.75, 3.05) is 0 Å². The smallest absolute Gasteiger partial charge is 0.0656 e. The summed E-state index contributed by atoms with van der Waals surface area (Å²) in [6.07, 6.45) is 0. The molecule has 0 fully saturated rings. The first-order valence-electron chi connectivity index (χ1n) is 3.65. The summed E-state index contributed by atoms with van der Waals surface area (Å²) in [5, 5.41) is 5.58. The monoisotopic (exact) mass is 281 g/mol. The van der Waals surface area contributed by atoms with Gasteiger partial charge in [-0.25, -0.2) is 0 Å². The number of nitrogens with one attached hydrogen (secondary N) is 1. The van der Waals surface area contributed by atoms with Crippen LogP contribution in [-0.2, 0) is 6.54 Å². The Kier molecular flexibility index (Phi) is 3.81. The van der Waals surface area contributed by atoms with E-state index in [-0.39, 0.29) is 0 Å². The summed E-state index contributed by atoms with van der Waals surface area (Å²) in [5.41, 5.74) is 1.40. The Bertz CT molecular complexity index is 220. The predicted molar refractivity (Wildman–Crippen MR) is 59.0 cm³/mol. The Hall–Kier alpha value is 0.390. The Balaban J connectivity index is 2.39. The van der Waals surface area contributed by atoms with Crippen molar-refractivity contribution < 1.29 is 0 Å². The molecule has 0 aliphatic heterocycles. The zero-order chi connectivity index (χ0) is 8.27. The summed E-state index contributed by atoms with van der Waals surface area (Å²) >= 11 is 4.15. The van der Waals surface area contributed by atoms with Crippen LogP contribution in [-0.4, -0.2) is 6.04 Å². The lowest BCUT2D eigenvalue weighted by Crippen LogP contribution is -2.21. The van der Waals surface area contributed by atoms with Gasteiger partial charge in [-0.05, 0) is 39.6 Å². The van der Waals surface area contributed by atoms with Gasteiger partial charge in [0, 0.05) is 12.6 Å². The van der Waals surface area contributed by atoms with Gasteiger partial charge in [0.15, 0.2) is 0 Å². The van der Waals surface area contributed by atoms with Gasteiger partial charge < -0.3 is 5.32 Å². The number of hydrogen-bond acceptors (Lipinski definition) is 2. The second kappa shape index (κ2) is 4.42. The van der Waals surface area contributed by atoms with Crippen molar-refractivity contribution in [2.24, 2.45) is 0 Å². The van der Waals surface area contributed by atoms with Gasteiger partial charge in [-0.1, -0.05) is 13.8 Å². The van der Waals surface area contributed by atoms with Crippen LogP contribution >= 0.6 is 33.9 Å². The Labute approximate surface area is 85.3 Å². The highest BCUT2D eigenvalue weighted by Gasteiger charge is 1.97. The highest BCUT2D eigenvalue weighted by Crippen LogP contribution is 2.16. The normalized spacial score (nSPS) is 10.9. The van der Waals surface area contributed by atoms with Crippen molar-refractivity contribution in [2.45, 2.75) is 26.4 Å². The van der Waals surface area contributed by atoms with Gasteiger partial charge in [-0.2, -0.15) is 0 Å². The molecule has 62 valence electrons. The minimum Gasteiger partial charge on any atom is -0.310 e. The molecule has 0 aliphatic rings. The molecule has 0 bridgehead atoms. The molecular weight excluding hydrogens is 269 g/mol. The highest BCUT2D eigenvalue weighted by atomic mass is 127. The van der Waals surface area contributed by atoms with E-state index in [9.17, 15) is 0 Å². The zero-order valence-corrected chi connectivity index (χ0v) is 9.70. The Morgan fingerprint density at radius 1 is 1.64 bits per heavy atom. The fourth-order valence-electron chi connectivity index (χ4n) is 0.760. The summed E-state index contributed by atoms with van der Waals surface area (Å²) in [6.45, 7) is 5.33. The second-order valence-corrected chi connectivity index (χ2v) is 5.60. The Morgan fingerprint density at radius 3 is 2.82 bits per heavy atom. The van der Waals surface area contributed by atoms with Crippen LogP contribution in [0.5, 0.6) is 0 Å². The maximum Gasteiger partial charge on any atom is 0.0656 e. The van der Waals surface area contributed by atoms with E-state index >= 15 is 0 Å². The van der Waals surface area contributed by atoms with Gasteiger partial charge in [-0.3, -0.25) is 0 Å². The molecule has 1 rings (SSSR count). The van der Waals surface area contributed by atoms with Crippen LogP contribution in [0.4, 0.5) is 0 Å². The molecule has 0 unspecified atom stereocenters. The van der Waals surface area contributed by atoms with Gasteiger partial charge >= 0.3 is 0 Å². The predicted octanol–water partition coefficient (Wildman–Crippen LogP) is 2.85. The minimum absolute atomic E-state index is 0.576. The molecule has 0 aromatic carbocycles. The van der Waals surface area contributed by atoms with Gasteiger partial charge in [0.25, 0.3) is 0 Å². The van der Waals surface area contributed by atoms with Crippen LogP contribution < -0.4 is 5.32 Å². The largest absolute Gasteiger partial charge is 0.310 e. The molecule has 11 heavy (non-hydrogen) atoms. The van der Waals surface area contributed by atoms with E-state index in [0.717, 1.165) is 6.54 Å². The number of thiophene rings is 1. The lowest BCUT2D eigenvalue weighted by atomic mass is 10.3. The average Bonchev–Trinajstić information content (AvgIpc) is 2.31. The van der Waals surface area contributed by atoms with Gasteiger partial charge in [0.1, 0.15) is 0 Å². The van der Waals surface area contributed by atoms with Crippen LogP contribution in [0.2, 0.25) is 0 Å². The maximum atomic E-state index is 3.38. The van der Waals surface area contributed by atoms with E-state index in [2.05, 4.69) is 53.2 Å². The topological polar surface area (TPSA) is 12.0 Å². The third-order valence-corrected chi connectivity index (χ3v) is 3.17. The average molecular weight is 281 g/mol. The molecular formula is C8H12INS. The fraction of sp³-hybridized carbons (Fsp3) is 0.500. The summed E-state index contributed by atoms with van der Waals surface area (Å²) in [5.74, 6) is 0. The first-order chi connectivity index (χ1) is 5.18. The van der Waals surface area contributed by atoms with Crippen molar-refractivity contribution in [3.63, 3.8) is 0 Å². The van der Waals surface area contributed by atoms with E-state index in [1.807, 2.05) is 0 Å². The molecule has 1 aromatic rings. The van der Waals surface area contributed by atoms with E-state index in [4.69, 9.17) is 0 Å². The van der Waals surface area contributed by atoms with E-state index in [1.54, 1.807) is 11.3 Å². The molecule has 1 heterocycles. The molecule has 0 atom stereocenters. The van der Waals surface area contributed by atoms with Crippen LogP contribution in [0, 0.1) is 2.88 Å². The summed E-state index contributed by atoms with van der Waals surface area (Å²) in [4.78, 5) is 0. The van der Waals surface area contributed by atoms with Crippen molar-refractivity contribution in [3.8, 4) is 0 Å². The number of rotatable bonds is 3. The molecule has 0 saturated heterocycles. The molecule has 0 radical (unpaired) electrons. The Morgan fingerprint density at radius 2 is 2.36 bits per heavy atom. The molecule has 0 saturated carbocycles. The molecule has 0 aliphatic carbocycles. The van der Waals surface area contributed by atoms with Crippen LogP contribution in [0.3, 0.4) is 0 Å². The third-order valence-electron chi connectivity index (χ3n) is 1.34. The second-order valence-electron chi connectivity index (χ2n) is 2.79. The summed E-state index contributed by atoms with van der Waals surface area (Å²) < 4.78 is 1.36. The molecule has 1 N–H and O–H groups in total. The number of halogens is 1. The van der Waals surface area contributed by atoms with Gasteiger partial charge in [0.05, 0.1) is 2.88 Å². The SMILES string of the molecule is CC(C)NCc1csc(I)c1. The van der Waals surface area contributed by atoms with E-state index in [0.29, 0.717) is 6.04 Å². The van der Waals surface area contributed by atoms with Crippen molar-refractivity contribution in [3.05, 3.63) is 19.9 Å². The lowest BCUT2D eigenvalue weighted by molar-refractivity contribution is 0.589. The zero-order valence-electron chi connectivity index (χ0n) is 6.73. The van der Waals surface area contributed by atoms with E-state index < -0.39 is 0 Å². The first-order valence-corrected chi connectivity index (χ1v) is 5.60. The standard InChI is InChI=1S/C8H12INS/c1-6(2)10-4-7-3-8(9)11-5-7/h3,5-6,10H,4H2,1-2H3. The quantitative estimate of drug-likeness (QED) is 0.840. The van der Waals surface area contributed by atoms with Crippen LogP contribution in [0.15, 0.2) is 11.4 Å². The third kappa shape index (κ3) is 3.53. The van der Waals surface area contributed by atoms with Crippen molar-refractivity contribution in [1.29, 1.82) is 0 Å². The molecule has 3 heteroatoms. The fourth-order valence-corrected chi connectivity index (χ4v) is 2.18. The molecule has 1 aromatic heterocycles. The lowest BCUT2D eigenvalue weighted by Gasteiger charge is -2.05. The summed E-state index contributed by atoms with van der Waals surface area (Å²) in [6, 6.07) is 2.80. The van der Waals surface area contributed by atoms with Crippen molar-refractivity contribution in [1.82, 2.24) is 5.32 Å². The first kappa shape index (κ1) is 9.48. The highest BCUT2D eigenvalue weighted by molar-refractivity contribution is 14.1. The maximum absolute atomic E-state index is 3.38. The van der Waals surface area contributed by atoms with Crippen LogP contribution in [0.1, 0.15) is 19.4 Å². The molecule has 0 spiro atoms. The molecule has 1 nitrogen and oxygen atoms in total. The van der Waals surface area contributed by atoms with Crippen molar-refractivity contribution >= 4 is 33.9 Å². The summed E-state index contributed by atoms with van der Waals surface area (Å²) in [7, 11) is 0. The van der Waals surface area contributed by atoms with Crippen LogP contribution in [0.25, 0.3) is 0 Å². The molecule has 0 amide bonds. The van der Waals surface area contributed by atoms with E-state index in [1.165, 1.54) is 8.45 Å². The number of hydrogen-bond donors (Lipinski definition) is 1. The van der Waals surface area contributed by atoms with Gasteiger partial charge in [-0.15, -0.1) is 11.3 Å². The van der Waals surface area contributed by atoms with Gasteiger partial charge in [0.2, 0.25) is 0 Å².